The quantitative estimate of drug-likeness (QED) is 0.551. The molecule has 0 unspecified atom stereocenters. The van der Waals surface area contributed by atoms with Crippen LogP contribution in [0.3, 0.4) is 0 Å². The summed E-state index contributed by atoms with van der Waals surface area (Å²) in [6.45, 7) is 2.09. The monoisotopic (exact) mass is 418 g/mol. The summed E-state index contributed by atoms with van der Waals surface area (Å²) >= 11 is 0. The molecule has 158 valence electrons. The Morgan fingerprint density at radius 3 is 2.71 bits per heavy atom. The zero-order chi connectivity index (χ0) is 22.3. The van der Waals surface area contributed by atoms with Crippen molar-refractivity contribution in [3.8, 4) is 17.5 Å². The van der Waals surface area contributed by atoms with E-state index < -0.39 is 23.5 Å². The number of aromatic nitrogens is 2. The minimum Gasteiger partial charge on any atom is -0.389 e. The van der Waals surface area contributed by atoms with Gasteiger partial charge in [0.2, 0.25) is 5.60 Å². The van der Waals surface area contributed by atoms with Crippen molar-refractivity contribution in [2.24, 2.45) is 5.73 Å². The van der Waals surface area contributed by atoms with Gasteiger partial charge in [0.15, 0.2) is 5.69 Å². The third-order valence-corrected chi connectivity index (χ3v) is 5.43. The van der Waals surface area contributed by atoms with Crippen molar-refractivity contribution in [2.75, 3.05) is 13.6 Å². The lowest BCUT2D eigenvalue weighted by Gasteiger charge is -2.13. The first-order valence-electron chi connectivity index (χ1n) is 9.82. The van der Waals surface area contributed by atoms with Crippen molar-refractivity contribution in [1.82, 2.24) is 14.7 Å². The molecule has 0 spiro atoms. The Morgan fingerprint density at radius 1 is 1.29 bits per heavy atom. The Bertz CT molecular complexity index is 1270. The number of nitrogens with zero attached hydrogens (tertiary/aromatic N) is 3. The maximum atomic E-state index is 12.1. The van der Waals surface area contributed by atoms with E-state index in [1.165, 1.54) is 4.90 Å². The van der Waals surface area contributed by atoms with Gasteiger partial charge in [-0.3, -0.25) is 9.59 Å². The van der Waals surface area contributed by atoms with Gasteiger partial charge < -0.3 is 20.8 Å². The van der Waals surface area contributed by atoms with Gasteiger partial charge >= 0.3 is 0 Å². The number of rotatable bonds is 3. The number of aliphatic hydroxyl groups is 2. The number of carbonyl (C=O) groups excluding carboxylic acids is 2. The molecular weight excluding hydrogens is 396 g/mol. The molecule has 1 aromatic heterocycles. The molecule has 1 saturated heterocycles. The van der Waals surface area contributed by atoms with E-state index in [9.17, 15) is 19.8 Å². The average Bonchev–Trinajstić information content (AvgIpc) is 3.26. The van der Waals surface area contributed by atoms with Gasteiger partial charge in [0.1, 0.15) is 0 Å². The van der Waals surface area contributed by atoms with E-state index in [0.717, 1.165) is 0 Å². The smallest absolute Gasteiger partial charge is 0.269 e. The second kappa shape index (κ2) is 7.54. The van der Waals surface area contributed by atoms with Gasteiger partial charge in [0.25, 0.3) is 11.8 Å². The average molecular weight is 418 g/mol. The van der Waals surface area contributed by atoms with Crippen molar-refractivity contribution in [2.45, 2.75) is 25.0 Å². The fourth-order valence-electron chi connectivity index (χ4n) is 3.64. The highest BCUT2D eigenvalue weighted by Crippen LogP contribution is 2.26. The van der Waals surface area contributed by atoms with E-state index in [4.69, 9.17) is 5.73 Å². The molecule has 4 N–H and O–H groups in total. The number of likely N-dealkylation sites (tertiary alicyclic amines) is 1. The predicted molar refractivity (Wildman–Crippen MR) is 114 cm³/mol. The van der Waals surface area contributed by atoms with E-state index >= 15 is 0 Å². The van der Waals surface area contributed by atoms with Gasteiger partial charge in [-0.15, -0.1) is 0 Å². The summed E-state index contributed by atoms with van der Waals surface area (Å²) in [6, 6.07) is 12.3. The summed E-state index contributed by atoms with van der Waals surface area (Å²) in [6.07, 6.45) is -0.443. The highest BCUT2D eigenvalue weighted by Gasteiger charge is 2.42. The molecule has 1 fully saturated rings. The number of fused-ring (bicyclic) bond motifs is 1. The molecular formula is C23H22N4O4. The summed E-state index contributed by atoms with van der Waals surface area (Å²) < 4.78 is 1.58. The Labute approximate surface area is 178 Å². The number of hydrogen-bond acceptors (Lipinski definition) is 5. The van der Waals surface area contributed by atoms with Crippen LogP contribution in [0.15, 0.2) is 42.5 Å². The third kappa shape index (κ3) is 3.65. The Balaban J connectivity index is 1.78. The fourth-order valence-corrected chi connectivity index (χ4v) is 3.64. The molecule has 0 radical (unpaired) electrons. The van der Waals surface area contributed by atoms with Gasteiger partial charge in [-0.25, -0.2) is 4.68 Å². The lowest BCUT2D eigenvalue weighted by molar-refractivity contribution is -0.137. The topological polar surface area (TPSA) is 122 Å². The molecule has 1 aliphatic heterocycles. The second-order valence-corrected chi connectivity index (χ2v) is 7.71. The maximum Gasteiger partial charge on any atom is 0.269 e. The largest absolute Gasteiger partial charge is 0.389 e. The molecule has 0 saturated carbocycles. The first-order chi connectivity index (χ1) is 14.7. The number of carbonyl (C=O) groups is 2. The summed E-state index contributed by atoms with van der Waals surface area (Å²) in [5.74, 6) is 4.49. The Morgan fingerprint density at radius 2 is 2.06 bits per heavy atom. The maximum absolute atomic E-state index is 12.1. The molecule has 8 nitrogen and oxygen atoms in total. The molecule has 8 heteroatoms. The van der Waals surface area contributed by atoms with Crippen LogP contribution in [-0.2, 0) is 4.79 Å². The standard InChI is InChI=1S/C23H22N4O4/c1-14(28)16-6-7-19-18(13-16)20(21(24)29)25-27(19)17-5-3-4-15(12-17)8-9-23(31)10-11-26(2)22(23)30/h3-7,12-14,28,31H,10-11H2,1-2H3,(H2,24,29)/t14-,23-/m0/s1. The van der Waals surface area contributed by atoms with Crippen molar-refractivity contribution >= 4 is 22.7 Å². The van der Waals surface area contributed by atoms with E-state index in [-0.39, 0.29) is 12.1 Å². The molecule has 2 atom stereocenters. The normalized spacial score (nSPS) is 19.4. The summed E-state index contributed by atoms with van der Waals surface area (Å²) in [5, 5.41) is 25.3. The molecule has 2 amide bonds. The molecule has 2 heterocycles. The van der Waals surface area contributed by atoms with Gasteiger partial charge in [0.05, 0.1) is 17.3 Å². The zero-order valence-corrected chi connectivity index (χ0v) is 17.2. The van der Waals surface area contributed by atoms with Crippen molar-refractivity contribution in [3.63, 3.8) is 0 Å². The van der Waals surface area contributed by atoms with Gasteiger partial charge in [-0.05, 0) is 42.8 Å². The van der Waals surface area contributed by atoms with Gasteiger partial charge in [-0.1, -0.05) is 24.0 Å². The molecule has 4 rings (SSSR count). The number of aliphatic hydroxyl groups excluding tert-OH is 1. The molecule has 3 aromatic rings. The lowest BCUT2D eigenvalue weighted by Crippen LogP contribution is -2.37. The Hall–Kier alpha value is -3.67. The van der Waals surface area contributed by atoms with Crippen LogP contribution in [0.4, 0.5) is 0 Å². The number of hydrogen-bond donors (Lipinski definition) is 3. The summed E-state index contributed by atoms with van der Waals surface area (Å²) in [4.78, 5) is 25.5. The van der Waals surface area contributed by atoms with Crippen LogP contribution in [0.25, 0.3) is 16.6 Å². The Kier molecular flexibility index (Phi) is 5.01. The molecule has 2 aromatic carbocycles. The minimum atomic E-state index is -1.68. The van der Waals surface area contributed by atoms with Crippen LogP contribution >= 0.6 is 0 Å². The lowest BCUT2D eigenvalue weighted by atomic mass is 10.0. The van der Waals surface area contributed by atoms with Crippen LogP contribution < -0.4 is 5.73 Å². The SMILES string of the molecule is C[C@H](O)c1ccc2c(c1)c(C(N)=O)nn2-c1cccc(C#C[C@]2(O)CCN(C)C2=O)c1. The van der Waals surface area contributed by atoms with Crippen LogP contribution in [0.1, 0.15) is 41.1 Å². The highest BCUT2D eigenvalue weighted by atomic mass is 16.3. The van der Waals surface area contributed by atoms with Crippen LogP contribution in [0, 0.1) is 11.8 Å². The van der Waals surface area contributed by atoms with Gasteiger partial charge in [0, 0.05) is 31.0 Å². The molecule has 0 aliphatic carbocycles. The third-order valence-electron chi connectivity index (χ3n) is 5.43. The molecule has 31 heavy (non-hydrogen) atoms. The van der Waals surface area contributed by atoms with Crippen LogP contribution in [0.5, 0.6) is 0 Å². The first-order valence-corrected chi connectivity index (χ1v) is 9.82. The number of primary amides is 1. The second-order valence-electron chi connectivity index (χ2n) is 7.71. The van der Waals surface area contributed by atoms with Gasteiger partial charge in [-0.2, -0.15) is 5.10 Å². The molecule has 1 aliphatic rings. The fraction of sp³-hybridized carbons (Fsp3) is 0.261. The van der Waals surface area contributed by atoms with E-state index in [2.05, 4.69) is 16.9 Å². The predicted octanol–water partition coefficient (Wildman–Crippen LogP) is 1.12. The highest BCUT2D eigenvalue weighted by molar-refractivity contribution is 6.04. The van der Waals surface area contributed by atoms with E-state index in [1.807, 2.05) is 0 Å². The van der Waals surface area contributed by atoms with Crippen molar-refractivity contribution < 1.29 is 19.8 Å². The van der Waals surface area contributed by atoms with E-state index in [0.29, 0.717) is 34.3 Å². The zero-order valence-electron chi connectivity index (χ0n) is 17.2. The number of benzene rings is 2. The summed E-state index contributed by atoms with van der Waals surface area (Å²) in [7, 11) is 1.63. The van der Waals surface area contributed by atoms with Crippen LogP contribution in [-0.4, -0.2) is 55.9 Å². The van der Waals surface area contributed by atoms with Crippen molar-refractivity contribution in [1.29, 1.82) is 0 Å². The minimum absolute atomic E-state index is 0.0999. The number of amides is 2. The van der Waals surface area contributed by atoms with Crippen LogP contribution in [0.2, 0.25) is 0 Å². The summed E-state index contributed by atoms with van der Waals surface area (Å²) in [5.41, 5.74) is 6.45. The molecule has 0 bridgehead atoms. The van der Waals surface area contributed by atoms with Crippen molar-refractivity contribution in [3.05, 3.63) is 59.3 Å². The number of nitrogens with two attached hydrogens (primary N) is 1. The first kappa shape index (κ1) is 20.6. The van der Waals surface area contributed by atoms with E-state index in [1.54, 1.807) is 61.1 Å². The number of likely N-dealkylation sites (N-methyl/N-ethyl adjacent to an activating group) is 1.